The summed E-state index contributed by atoms with van der Waals surface area (Å²) in [6.45, 7) is 1.73. The minimum Gasteiger partial charge on any atom is -0.394 e. The first kappa shape index (κ1) is 71.8. The Morgan fingerprint density at radius 1 is 0.443 bits per heavy atom. The summed E-state index contributed by atoms with van der Waals surface area (Å²) in [5.41, 5.74) is 0. The minimum atomic E-state index is -1.97. The fourth-order valence-electron chi connectivity index (χ4n) is 10.9. The molecule has 3 saturated heterocycles. The molecule has 0 radical (unpaired) electrons. The van der Waals surface area contributed by atoms with Gasteiger partial charge in [0.05, 0.1) is 38.6 Å². The zero-order chi connectivity index (χ0) is 57.6. The van der Waals surface area contributed by atoms with E-state index in [9.17, 15) is 61.0 Å². The van der Waals surface area contributed by atoms with Crippen LogP contribution in [0.15, 0.2) is 12.2 Å². The summed E-state index contributed by atoms with van der Waals surface area (Å²) >= 11 is 0. The molecule has 3 heterocycles. The highest BCUT2D eigenvalue weighted by Crippen LogP contribution is 2.33. The van der Waals surface area contributed by atoms with E-state index in [0.717, 1.165) is 44.9 Å². The van der Waals surface area contributed by atoms with Crippen molar-refractivity contribution in [3.8, 4) is 0 Å². The van der Waals surface area contributed by atoms with Crippen molar-refractivity contribution in [3.05, 3.63) is 12.2 Å². The summed E-state index contributed by atoms with van der Waals surface area (Å²) < 4.78 is 34.2. The summed E-state index contributed by atoms with van der Waals surface area (Å²) in [5, 5.41) is 120. The zero-order valence-electron chi connectivity index (χ0n) is 48.6. The van der Waals surface area contributed by atoms with Crippen molar-refractivity contribution < 1.29 is 89.4 Å². The molecule has 0 aromatic rings. The number of hydrogen-bond donors (Lipinski definition) is 12. The molecular weight excluding hydrogens is 1020 g/mol. The van der Waals surface area contributed by atoms with E-state index in [1.54, 1.807) is 6.08 Å². The van der Waals surface area contributed by atoms with E-state index in [-0.39, 0.29) is 18.9 Å². The number of aliphatic hydroxyl groups excluding tert-OH is 11. The fourth-order valence-corrected chi connectivity index (χ4v) is 10.9. The lowest BCUT2D eigenvalue weighted by Gasteiger charge is -2.48. The van der Waals surface area contributed by atoms with Gasteiger partial charge in [0.15, 0.2) is 18.9 Å². The molecule has 0 bridgehead atoms. The number of hydrogen-bond acceptors (Lipinski definition) is 18. The van der Waals surface area contributed by atoms with Gasteiger partial charge in [-0.2, -0.15) is 0 Å². The van der Waals surface area contributed by atoms with Gasteiger partial charge in [-0.15, -0.1) is 0 Å². The van der Waals surface area contributed by atoms with Gasteiger partial charge in [0.25, 0.3) is 0 Å². The Hall–Kier alpha value is -1.47. The van der Waals surface area contributed by atoms with Gasteiger partial charge in [0.1, 0.15) is 73.2 Å². The van der Waals surface area contributed by atoms with E-state index in [4.69, 9.17) is 28.4 Å². The lowest BCUT2D eigenvalue weighted by molar-refractivity contribution is -0.379. The molecule has 19 heteroatoms. The molecule has 1 amide bonds. The monoisotopic (exact) mass is 1140 g/mol. The Morgan fingerprint density at radius 2 is 0.785 bits per heavy atom. The Kier molecular flexibility index (Phi) is 40.1. The molecule has 3 fully saturated rings. The highest BCUT2D eigenvalue weighted by Gasteiger charge is 2.53. The van der Waals surface area contributed by atoms with Gasteiger partial charge in [0.2, 0.25) is 5.91 Å². The van der Waals surface area contributed by atoms with Crippen LogP contribution in [0.2, 0.25) is 0 Å². The number of rotatable bonds is 47. The SMILES string of the molecule is CCCCCCCCCCCCCCCCCCCCCCC/C=C/C(O)C(COC1OC(CO)C(OC2OC(CO)C(OC3OC(CO)C(O)C(O)C3O)C(O)C2O)C(O)C1O)NC(=O)CCCCCCCCCCCCC. The minimum absolute atomic E-state index is 0.248. The van der Waals surface area contributed by atoms with Gasteiger partial charge in [0, 0.05) is 6.42 Å². The van der Waals surface area contributed by atoms with Gasteiger partial charge in [-0.05, 0) is 19.3 Å². The topological polar surface area (TPSA) is 307 Å². The van der Waals surface area contributed by atoms with E-state index in [1.807, 2.05) is 6.08 Å². The Bertz CT molecular complexity index is 1500. The summed E-state index contributed by atoms with van der Waals surface area (Å²) in [7, 11) is 0. The number of amides is 1. The number of nitrogens with one attached hydrogen (secondary N) is 1. The predicted octanol–water partition coefficient (Wildman–Crippen LogP) is 6.16. The highest BCUT2D eigenvalue weighted by molar-refractivity contribution is 5.76. The maximum absolute atomic E-state index is 13.3. The highest BCUT2D eigenvalue weighted by atomic mass is 16.8. The first-order valence-electron chi connectivity index (χ1n) is 31.4. The van der Waals surface area contributed by atoms with E-state index in [2.05, 4.69) is 19.2 Å². The van der Waals surface area contributed by atoms with Gasteiger partial charge < -0.3 is 89.9 Å². The van der Waals surface area contributed by atoms with Crippen molar-refractivity contribution in [2.75, 3.05) is 26.4 Å². The van der Waals surface area contributed by atoms with Crippen molar-refractivity contribution in [3.63, 3.8) is 0 Å². The van der Waals surface area contributed by atoms with Crippen molar-refractivity contribution >= 4 is 5.91 Å². The molecule has 79 heavy (non-hydrogen) atoms. The van der Waals surface area contributed by atoms with Crippen molar-refractivity contribution in [2.45, 2.75) is 336 Å². The smallest absolute Gasteiger partial charge is 0.220 e. The van der Waals surface area contributed by atoms with Gasteiger partial charge in [-0.1, -0.05) is 219 Å². The Labute approximate surface area is 474 Å². The van der Waals surface area contributed by atoms with Gasteiger partial charge in [-0.25, -0.2) is 0 Å². The summed E-state index contributed by atoms with van der Waals surface area (Å²) in [6.07, 6.45) is 17.8. The number of ether oxygens (including phenoxy) is 6. The summed E-state index contributed by atoms with van der Waals surface area (Å²) in [5.74, 6) is -0.275. The van der Waals surface area contributed by atoms with Crippen LogP contribution in [-0.2, 0) is 33.2 Å². The van der Waals surface area contributed by atoms with E-state index in [1.165, 1.54) is 161 Å². The maximum Gasteiger partial charge on any atom is 0.220 e. The molecule has 17 unspecified atom stereocenters. The molecule has 0 aliphatic carbocycles. The third kappa shape index (κ3) is 27.9. The van der Waals surface area contributed by atoms with E-state index >= 15 is 0 Å². The van der Waals surface area contributed by atoms with Crippen molar-refractivity contribution in [1.29, 1.82) is 0 Å². The average molecular weight is 1140 g/mol. The average Bonchev–Trinajstić information content (AvgIpc) is 3.54. The predicted molar refractivity (Wildman–Crippen MR) is 300 cm³/mol. The molecule has 3 aliphatic heterocycles. The lowest BCUT2D eigenvalue weighted by atomic mass is 9.96. The second kappa shape index (κ2) is 44.1. The summed E-state index contributed by atoms with van der Waals surface area (Å²) in [4.78, 5) is 13.3. The van der Waals surface area contributed by atoms with Crippen LogP contribution in [0.4, 0.5) is 0 Å². The number of aliphatic hydroxyl groups is 11. The van der Waals surface area contributed by atoms with E-state index < -0.39 is 124 Å². The number of carbonyl (C=O) groups is 1. The van der Waals surface area contributed by atoms with Gasteiger partial charge >= 0.3 is 0 Å². The molecule has 3 aliphatic rings. The molecule has 17 atom stereocenters. The lowest BCUT2D eigenvalue weighted by Crippen LogP contribution is -2.66. The van der Waals surface area contributed by atoms with Crippen LogP contribution in [0.3, 0.4) is 0 Å². The Morgan fingerprint density at radius 3 is 1.19 bits per heavy atom. The number of unbranched alkanes of at least 4 members (excludes halogenated alkanes) is 31. The maximum atomic E-state index is 13.3. The second-order valence-electron chi connectivity index (χ2n) is 22.9. The van der Waals surface area contributed by atoms with E-state index in [0.29, 0.717) is 6.42 Å². The molecule has 0 saturated carbocycles. The quantitative estimate of drug-likeness (QED) is 0.0240. The standard InChI is InChI=1S/C60H113NO18/c1-3-5-7-9-11-13-15-16-17-18-19-20-21-22-23-24-25-26-28-29-31-33-35-37-44(65)43(61-48(66)38-36-34-32-30-27-14-12-10-8-6-4-2)42-74-58-54(72)51(69)56(46(40-63)76-58)79-60-55(73)52(70)57(47(41-64)77-60)78-59-53(71)50(68)49(67)45(39-62)75-59/h35,37,43-47,49-60,62-65,67-73H,3-34,36,38-42H2,1-2H3,(H,61,66)/b37-35+. The second-order valence-corrected chi connectivity index (χ2v) is 22.9. The molecule has 0 spiro atoms. The van der Waals surface area contributed by atoms with Crippen LogP contribution in [0.5, 0.6) is 0 Å². The van der Waals surface area contributed by atoms with Crippen molar-refractivity contribution in [1.82, 2.24) is 5.32 Å². The first-order chi connectivity index (χ1) is 38.3. The third-order valence-corrected chi connectivity index (χ3v) is 16.1. The van der Waals surface area contributed by atoms with Crippen LogP contribution in [0.25, 0.3) is 0 Å². The molecule has 3 rings (SSSR count). The van der Waals surface area contributed by atoms with Crippen molar-refractivity contribution in [2.24, 2.45) is 0 Å². The molecule has 0 aromatic carbocycles. The van der Waals surface area contributed by atoms with Crippen LogP contribution < -0.4 is 5.32 Å². The molecule has 12 N–H and O–H groups in total. The van der Waals surface area contributed by atoms with Gasteiger partial charge in [-0.3, -0.25) is 4.79 Å². The third-order valence-electron chi connectivity index (χ3n) is 16.1. The fraction of sp³-hybridized carbons (Fsp3) is 0.950. The normalized spacial score (nSPS) is 30.3. The number of carbonyl (C=O) groups excluding carboxylic acids is 1. The van der Waals surface area contributed by atoms with Crippen LogP contribution in [-0.4, -0.2) is 193 Å². The zero-order valence-corrected chi connectivity index (χ0v) is 48.6. The molecule has 0 aromatic heterocycles. The Balaban J connectivity index is 1.46. The first-order valence-corrected chi connectivity index (χ1v) is 31.4. The summed E-state index contributed by atoms with van der Waals surface area (Å²) in [6, 6.07) is -0.966. The molecular formula is C60H113NO18. The number of allylic oxidation sites excluding steroid dienone is 1. The largest absolute Gasteiger partial charge is 0.394 e. The van der Waals surface area contributed by atoms with Crippen LogP contribution >= 0.6 is 0 Å². The van der Waals surface area contributed by atoms with Crippen LogP contribution in [0, 0.1) is 0 Å². The van der Waals surface area contributed by atoms with Crippen LogP contribution in [0.1, 0.15) is 232 Å². The molecule has 466 valence electrons. The molecule has 19 nitrogen and oxygen atoms in total.